The van der Waals surface area contributed by atoms with Crippen molar-refractivity contribution in [3.8, 4) is 5.75 Å². The van der Waals surface area contributed by atoms with E-state index in [0.717, 1.165) is 0 Å². The molecule has 108 valence electrons. The molecule has 0 saturated carbocycles. The number of rotatable bonds is 2. The Kier molecular flexibility index (Phi) is 4.22. The minimum Gasteiger partial charge on any atom is -0.497 e. The van der Waals surface area contributed by atoms with Crippen LogP contribution < -0.4 is 4.74 Å². The van der Waals surface area contributed by atoms with Gasteiger partial charge in [-0.2, -0.15) is 0 Å². The third-order valence-electron chi connectivity index (χ3n) is 3.52. The van der Waals surface area contributed by atoms with Crippen LogP contribution in [0.1, 0.15) is 23.7 Å². The van der Waals surface area contributed by atoms with Gasteiger partial charge in [0.2, 0.25) is 0 Å². The molecule has 1 unspecified atom stereocenters. The van der Waals surface area contributed by atoms with Crippen LogP contribution in [0.5, 0.6) is 5.75 Å². The number of carbonyl (C=O) groups excluding carboxylic acids is 1. The van der Waals surface area contributed by atoms with Crippen LogP contribution in [0.25, 0.3) is 0 Å². The number of methoxy groups -OCH3 is 1. The highest BCUT2D eigenvalue weighted by Gasteiger charge is 2.27. The van der Waals surface area contributed by atoms with E-state index in [-0.39, 0.29) is 17.4 Å². The third kappa shape index (κ3) is 2.74. The first kappa shape index (κ1) is 14.3. The Morgan fingerprint density at radius 1 is 1.55 bits per heavy atom. The quantitative estimate of drug-likeness (QED) is 0.667. The Balaban J connectivity index is 2.16. The van der Waals surface area contributed by atoms with Crippen LogP contribution in [0, 0.1) is 11.7 Å². The predicted molar refractivity (Wildman–Crippen MR) is 71.9 cm³/mol. The Morgan fingerprint density at radius 3 is 2.85 bits per heavy atom. The van der Waals surface area contributed by atoms with Crippen LogP contribution in [0.3, 0.4) is 0 Å². The molecule has 0 radical (unpaired) electrons. The zero-order valence-corrected chi connectivity index (χ0v) is 11.5. The molecule has 1 aromatic carbocycles. The molecule has 0 spiro atoms. The summed E-state index contributed by atoms with van der Waals surface area (Å²) < 4.78 is 18.8. The SMILES string of the molecule is COc1ccc(C(=O)N2CC/C(=N/O)C(C)C2)c(F)c1. The second-order valence-corrected chi connectivity index (χ2v) is 4.84. The topological polar surface area (TPSA) is 62.1 Å². The van der Waals surface area contributed by atoms with Crippen molar-refractivity contribution in [1.82, 2.24) is 4.90 Å². The van der Waals surface area contributed by atoms with Crippen LogP contribution >= 0.6 is 0 Å². The molecule has 1 aliphatic heterocycles. The summed E-state index contributed by atoms with van der Waals surface area (Å²) in [5.74, 6) is -0.600. The van der Waals surface area contributed by atoms with E-state index in [2.05, 4.69) is 5.16 Å². The van der Waals surface area contributed by atoms with Gasteiger partial charge in [0.25, 0.3) is 5.91 Å². The van der Waals surface area contributed by atoms with Crippen LogP contribution in [0.15, 0.2) is 23.4 Å². The first-order chi connectivity index (χ1) is 9.56. The number of nitrogens with zero attached hydrogens (tertiary/aromatic N) is 2. The van der Waals surface area contributed by atoms with E-state index in [0.29, 0.717) is 31.0 Å². The highest BCUT2D eigenvalue weighted by Crippen LogP contribution is 2.21. The van der Waals surface area contributed by atoms with Crippen molar-refractivity contribution in [3.63, 3.8) is 0 Å². The lowest BCUT2D eigenvalue weighted by atomic mass is 9.97. The van der Waals surface area contributed by atoms with Crippen LogP contribution in [0.2, 0.25) is 0 Å². The van der Waals surface area contributed by atoms with E-state index in [1.807, 2.05) is 6.92 Å². The molecule has 20 heavy (non-hydrogen) atoms. The smallest absolute Gasteiger partial charge is 0.256 e. The summed E-state index contributed by atoms with van der Waals surface area (Å²) in [7, 11) is 1.44. The lowest BCUT2D eigenvalue weighted by Crippen LogP contribution is -2.43. The number of carbonyl (C=O) groups is 1. The Hall–Kier alpha value is -2.11. The number of hydrogen-bond donors (Lipinski definition) is 1. The third-order valence-corrected chi connectivity index (χ3v) is 3.52. The van der Waals surface area contributed by atoms with Gasteiger partial charge in [0.05, 0.1) is 18.4 Å². The largest absolute Gasteiger partial charge is 0.497 e. The molecule has 1 aromatic rings. The van der Waals surface area contributed by atoms with Gasteiger partial charge in [-0.1, -0.05) is 12.1 Å². The van der Waals surface area contributed by atoms with Crippen molar-refractivity contribution in [2.75, 3.05) is 20.2 Å². The standard InChI is InChI=1S/C14H17FN2O3/c1-9-8-17(6-5-13(9)16-19)14(18)11-4-3-10(20-2)7-12(11)15/h3-4,7,9,19H,5-6,8H2,1-2H3/b16-13-. The average Bonchev–Trinajstić information content (AvgIpc) is 2.46. The van der Waals surface area contributed by atoms with Gasteiger partial charge in [-0.25, -0.2) is 4.39 Å². The van der Waals surface area contributed by atoms with Crippen molar-refractivity contribution < 1.29 is 19.1 Å². The van der Waals surface area contributed by atoms with Crippen LogP contribution in [0.4, 0.5) is 4.39 Å². The summed E-state index contributed by atoms with van der Waals surface area (Å²) >= 11 is 0. The predicted octanol–water partition coefficient (Wildman–Crippen LogP) is 2.15. The molecule has 1 saturated heterocycles. The van der Waals surface area contributed by atoms with Gasteiger partial charge >= 0.3 is 0 Å². The summed E-state index contributed by atoms with van der Waals surface area (Å²) in [5, 5.41) is 12.0. The number of ether oxygens (including phenoxy) is 1. The maximum absolute atomic E-state index is 13.9. The molecular formula is C14H17FN2O3. The zero-order valence-electron chi connectivity index (χ0n) is 11.5. The molecule has 5 nitrogen and oxygen atoms in total. The van der Waals surface area contributed by atoms with Crippen molar-refractivity contribution in [2.45, 2.75) is 13.3 Å². The Bertz CT molecular complexity index is 545. The molecule has 1 aliphatic rings. The van der Waals surface area contributed by atoms with Gasteiger partial charge in [-0.05, 0) is 12.1 Å². The molecule has 0 aliphatic carbocycles. The Labute approximate surface area is 116 Å². The number of amides is 1. The number of piperidine rings is 1. The summed E-state index contributed by atoms with van der Waals surface area (Å²) in [6.45, 7) is 2.72. The first-order valence-corrected chi connectivity index (χ1v) is 6.40. The highest BCUT2D eigenvalue weighted by atomic mass is 19.1. The molecule has 1 amide bonds. The van der Waals surface area contributed by atoms with Crippen LogP contribution in [-0.4, -0.2) is 41.9 Å². The maximum Gasteiger partial charge on any atom is 0.256 e. The van der Waals surface area contributed by atoms with Gasteiger partial charge in [-0.15, -0.1) is 0 Å². The first-order valence-electron chi connectivity index (χ1n) is 6.40. The number of halogens is 1. The maximum atomic E-state index is 13.9. The minimum atomic E-state index is -0.594. The fraction of sp³-hybridized carbons (Fsp3) is 0.429. The normalized spacial score (nSPS) is 21.1. The zero-order chi connectivity index (χ0) is 14.7. The molecule has 2 rings (SSSR count). The summed E-state index contributed by atoms with van der Waals surface area (Å²) in [6, 6.07) is 4.18. The Morgan fingerprint density at radius 2 is 2.30 bits per heavy atom. The molecule has 1 heterocycles. The van der Waals surface area contributed by atoms with Gasteiger partial charge in [0.15, 0.2) is 0 Å². The fourth-order valence-electron chi connectivity index (χ4n) is 2.32. The second kappa shape index (κ2) is 5.90. The number of likely N-dealkylation sites (tertiary alicyclic amines) is 1. The van der Waals surface area contributed by atoms with E-state index < -0.39 is 5.82 Å². The summed E-state index contributed by atoms with van der Waals surface area (Å²) in [4.78, 5) is 13.9. The molecular weight excluding hydrogens is 263 g/mol. The van der Waals surface area contributed by atoms with Crippen molar-refractivity contribution in [1.29, 1.82) is 0 Å². The number of oxime groups is 1. The van der Waals surface area contributed by atoms with E-state index in [4.69, 9.17) is 9.94 Å². The van der Waals surface area contributed by atoms with Crippen molar-refractivity contribution >= 4 is 11.6 Å². The lowest BCUT2D eigenvalue weighted by molar-refractivity contribution is 0.0729. The van der Waals surface area contributed by atoms with E-state index in [9.17, 15) is 9.18 Å². The second-order valence-electron chi connectivity index (χ2n) is 4.84. The summed E-state index contributed by atoms with van der Waals surface area (Å²) in [6.07, 6.45) is 0.501. The van der Waals surface area contributed by atoms with Crippen molar-refractivity contribution in [3.05, 3.63) is 29.6 Å². The summed E-state index contributed by atoms with van der Waals surface area (Å²) in [5.41, 5.74) is 0.701. The van der Waals surface area contributed by atoms with Crippen LogP contribution in [-0.2, 0) is 0 Å². The minimum absolute atomic E-state index is 0.0287. The lowest BCUT2D eigenvalue weighted by Gasteiger charge is -2.31. The van der Waals surface area contributed by atoms with Gasteiger partial charge in [0, 0.05) is 31.5 Å². The fourth-order valence-corrected chi connectivity index (χ4v) is 2.32. The van der Waals surface area contributed by atoms with E-state index in [1.54, 1.807) is 11.0 Å². The van der Waals surface area contributed by atoms with E-state index >= 15 is 0 Å². The molecule has 0 aromatic heterocycles. The monoisotopic (exact) mass is 280 g/mol. The highest BCUT2D eigenvalue weighted by molar-refractivity contribution is 5.96. The van der Waals surface area contributed by atoms with Crippen molar-refractivity contribution in [2.24, 2.45) is 11.1 Å². The molecule has 6 heteroatoms. The molecule has 1 fully saturated rings. The number of benzene rings is 1. The molecule has 1 atom stereocenters. The molecule has 1 N–H and O–H groups in total. The average molecular weight is 280 g/mol. The van der Waals surface area contributed by atoms with Gasteiger partial charge in [-0.3, -0.25) is 4.79 Å². The van der Waals surface area contributed by atoms with E-state index in [1.165, 1.54) is 19.2 Å². The molecule has 0 bridgehead atoms. The van der Waals surface area contributed by atoms with Gasteiger partial charge < -0.3 is 14.8 Å². The number of hydrogen-bond acceptors (Lipinski definition) is 4. The van der Waals surface area contributed by atoms with Gasteiger partial charge in [0.1, 0.15) is 11.6 Å².